The Balaban J connectivity index is 2.08. The lowest BCUT2D eigenvalue weighted by Gasteiger charge is -2.28. The molecule has 8 nitrogen and oxygen atoms in total. The van der Waals surface area contributed by atoms with E-state index in [4.69, 9.17) is 18.4 Å². The fourth-order valence-corrected chi connectivity index (χ4v) is 3.74. The highest BCUT2D eigenvalue weighted by Crippen LogP contribution is 2.25. The Morgan fingerprint density at radius 2 is 1.86 bits per heavy atom. The van der Waals surface area contributed by atoms with Crippen LogP contribution in [0.2, 0.25) is 0 Å². The average Bonchev–Trinajstić information content (AvgIpc) is 3.00. The molecule has 0 aromatic heterocycles. The summed E-state index contributed by atoms with van der Waals surface area (Å²) in [4.78, 5) is 14.1. The van der Waals surface area contributed by atoms with Crippen LogP contribution in [-0.2, 0) is 28.5 Å². The number of methoxy groups -OCH3 is 1. The van der Waals surface area contributed by atoms with Crippen molar-refractivity contribution in [2.24, 2.45) is 0 Å². The first kappa shape index (κ1) is 22.6. The number of aryl methyl sites for hydroxylation is 1. The summed E-state index contributed by atoms with van der Waals surface area (Å²) in [5.41, 5.74) is 0.283. The highest BCUT2D eigenvalue weighted by atomic mass is 32.2. The summed E-state index contributed by atoms with van der Waals surface area (Å²) in [6.07, 6.45) is -0.396. The monoisotopic (exact) mass is 415 g/mol. The molecule has 1 aromatic carbocycles. The van der Waals surface area contributed by atoms with Crippen LogP contribution in [0.4, 0.5) is 4.79 Å². The average molecular weight is 416 g/mol. The minimum atomic E-state index is -3.93. The van der Waals surface area contributed by atoms with E-state index in [0.717, 1.165) is 5.56 Å². The zero-order chi connectivity index (χ0) is 20.9. The predicted molar refractivity (Wildman–Crippen MR) is 102 cm³/mol. The summed E-state index contributed by atoms with van der Waals surface area (Å²) in [5, 5.41) is 0. The number of hydrogen-bond donors (Lipinski definition) is 0. The molecule has 0 N–H and O–H groups in total. The fraction of sp³-hybridized carbons (Fsp3) is 0.632. The van der Waals surface area contributed by atoms with Gasteiger partial charge in [-0.25, -0.2) is 4.79 Å². The summed E-state index contributed by atoms with van der Waals surface area (Å²) >= 11 is 0. The van der Waals surface area contributed by atoms with Gasteiger partial charge >= 0.3 is 6.09 Å². The molecule has 0 radical (unpaired) electrons. The molecule has 1 heterocycles. The Kier molecular flexibility index (Phi) is 7.44. The highest BCUT2D eigenvalue weighted by Gasteiger charge is 2.39. The third-order valence-electron chi connectivity index (χ3n) is 4.15. The normalized spacial score (nSPS) is 20.4. The lowest BCUT2D eigenvalue weighted by Crippen LogP contribution is -2.42. The molecule has 1 saturated heterocycles. The summed E-state index contributed by atoms with van der Waals surface area (Å²) in [5.74, 6) is 0. The first-order valence-corrected chi connectivity index (χ1v) is 10.5. The SMILES string of the molecule is COCO[C@@H]1C[C@H](COS(=O)(=O)c2ccc(C)cc2)N(C(=O)OC(C)(C)C)C1. The van der Waals surface area contributed by atoms with Gasteiger partial charge in [-0.1, -0.05) is 17.7 Å². The molecule has 1 aliphatic heterocycles. The Morgan fingerprint density at radius 1 is 1.21 bits per heavy atom. The lowest BCUT2D eigenvalue weighted by atomic mass is 10.2. The summed E-state index contributed by atoms with van der Waals surface area (Å²) in [6, 6.07) is 5.91. The molecule has 0 bridgehead atoms. The number of carbonyl (C=O) groups is 1. The minimum absolute atomic E-state index is 0.0760. The lowest BCUT2D eigenvalue weighted by molar-refractivity contribution is -0.0676. The van der Waals surface area contributed by atoms with Gasteiger partial charge in [-0.2, -0.15) is 8.42 Å². The smallest absolute Gasteiger partial charge is 0.410 e. The second kappa shape index (κ2) is 9.21. The van der Waals surface area contributed by atoms with E-state index in [1.807, 2.05) is 6.92 Å². The van der Waals surface area contributed by atoms with E-state index in [1.54, 1.807) is 32.9 Å². The Labute approximate surface area is 166 Å². The third-order valence-corrected chi connectivity index (χ3v) is 5.45. The molecular weight excluding hydrogens is 386 g/mol. The molecule has 2 atom stereocenters. The van der Waals surface area contributed by atoms with Gasteiger partial charge in [0.2, 0.25) is 0 Å². The van der Waals surface area contributed by atoms with E-state index in [0.29, 0.717) is 6.42 Å². The Bertz CT molecular complexity index is 755. The largest absolute Gasteiger partial charge is 0.444 e. The van der Waals surface area contributed by atoms with Crippen molar-refractivity contribution in [3.8, 4) is 0 Å². The molecule has 0 spiro atoms. The first-order valence-electron chi connectivity index (χ1n) is 9.08. The van der Waals surface area contributed by atoms with Gasteiger partial charge in [0, 0.05) is 7.11 Å². The van der Waals surface area contributed by atoms with Gasteiger partial charge in [0.1, 0.15) is 12.4 Å². The molecule has 1 aromatic rings. The van der Waals surface area contributed by atoms with Crippen LogP contribution in [0.1, 0.15) is 32.8 Å². The second-order valence-corrected chi connectivity index (χ2v) is 9.38. The van der Waals surface area contributed by atoms with Gasteiger partial charge in [0.15, 0.2) is 0 Å². The highest BCUT2D eigenvalue weighted by molar-refractivity contribution is 7.86. The number of carbonyl (C=O) groups excluding carboxylic acids is 1. The maximum absolute atomic E-state index is 12.5. The van der Waals surface area contributed by atoms with E-state index in [-0.39, 0.29) is 30.9 Å². The van der Waals surface area contributed by atoms with Crippen molar-refractivity contribution in [3.63, 3.8) is 0 Å². The Morgan fingerprint density at radius 3 is 2.43 bits per heavy atom. The second-order valence-electron chi connectivity index (χ2n) is 7.77. The maximum atomic E-state index is 12.5. The molecule has 1 aliphatic rings. The maximum Gasteiger partial charge on any atom is 0.410 e. The Hall–Kier alpha value is -1.68. The van der Waals surface area contributed by atoms with Crippen molar-refractivity contribution < 1.29 is 31.6 Å². The molecule has 9 heteroatoms. The summed E-state index contributed by atoms with van der Waals surface area (Å²) in [7, 11) is -2.42. The van der Waals surface area contributed by atoms with Crippen molar-refractivity contribution in [2.45, 2.75) is 56.8 Å². The number of likely N-dealkylation sites (tertiary alicyclic amines) is 1. The van der Waals surface area contributed by atoms with E-state index in [2.05, 4.69) is 0 Å². The molecule has 0 unspecified atom stereocenters. The van der Waals surface area contributed by atoms with Crippen LogP contribution in [0, 0.1) is 6.92 Å². The van der Waals surface area contributed by atoms with Crippen molar-refractivity contribution in [3.05, 3.63) is 29.8 Å². The van der Waals surface area contributed by atoms with Crippen LogP contribution in [0.5, 0.6) is 0 Å². The van der Waals surface area contributed by atoms with Gasteiger partial charge in [0.25, 0.3) is 10.1 Å². The standard InChI is InChI=1S/C19H29NO7S/c1-14-6-8-17(9-7-14)28(22,23)26-12-15-10-16(25-13-24-5)11-20(15)18(21)27-19(2,3)4/h6-9,15-16H,10-13H2,1-5H3/t15-,16-/m1/s1. The number of rotatable bonds is 7. The third kappa shape index (κ3) is 6.44. The van der Waals surface area contributed by atoms with Gasteiger partial charge < -0.3 is 19.1 Å². The quantitative estimate of drug-likeness (QED) is 0.499. The van der Waals surface area contributed by atoms with E-state index < -0.39 is 27.9 Å². The summed E-state index contributed by atoms with van der Waals surface area (Å²) < 4.78 is 46.0. The molecule has 158 valence electrons. The van der Waals surface area contributed by atoms with Crippen LogP contribution < -0.4 is 0 Å². The van der Waals surface area contributed by atoms with Crippen molar-refractivity contribution in [1.29, 1.82) is 0 Å². The zero-order valence-corrected chi connectivity index (χ0v) is 17.8. The zero-order valence-electron chi connectivity index (χ0n) is 17.0. The van der Waals surface area contributed by atoms with Gasteiger partial charge in [0.05, 0.1) is 30.2 Å². The summed E-state index contributed by atoms with van der Waals surface area (Å²) in [6.45, 7) is 7.36. The van der Waals surface area contributed by atoms with Crippen molar-refractivity contribution in [1.82, 2.24) is 4.90 Å². The number of nitrogens with zero attached hydrogens (tertiary/aromatic N) is 1. The van der Waals surface area contributed by atoms with Crippen LogP contribution in [0.3, 0.4) is 0 Å². The number of ether oxygens (including phenoxy) is 3. The number of amides is 1. The minimum Gasteiger partial charge on any atom is -0.444 e. The van der Waals surface area contributed by atoms with Crippen LogP contribution >= 0.6 is 0 Å². The molecule has 1 amide bonds. The van der Waals surface area contributed by atoms with Crippen LogP contribution in [0.25, 0.3) is 0 Å². The van der Waals surface area contributed by atoms with Gasteiger partial charge in [-0.15, -0.1) is 0 Å². The van der Waals surface area contributed by atoms with E-state index in [1.165, 1.54) is 24.1 Å². The fourth-order valence-electron chi connectivity index (χ4n) is 2.80. The van der Waals surface area contributed by atoms with Gasteiger partial charge in [-0.3, -0.25) is 4.18 Å². The molecule has 2 rings (SSSR count). The number of benzene rings is 1. The topological polar surface area (TPSA) is 91.4 Å². The molecule has 28 heavy (non-hydrogen) atoms. The molecule has 0 aliphatic carbocycles. The van der Waals surface area contributed by atoms with Gasteiger partial charge in [-0.05, 0) is 46.2 Å². The van der Waals surface area contributed by atoms with Crippen molar-refractivity contribution >= 4 is 16.2 Å². The number of hydrogen-bond acceptors (Lipinski definition) is 7. The van der Waals surface area contributed by atoms with E-state index >= 15 is 0 Å². The van der Waals surface area contributed by atoms with Crippen LogP contribution in [0.15, 0.2) is 29.2 Å². The van der Waals surface area contributed by atoms with E-state index in [9.17, 15) is 13.2 Å². The molecular formula is C19H29NO7S. The van der Waals surface area contributed by atoms with Crippen LogP contribution in [-0.4, -0.2) is 64.2 Å². The first-order chi connectivity index (χ1) is 13.0. The predicted octanol–water partition coefficient (Wildman–Crippen LogP) is 2.70. The molecule has 1 fully saturated rings. The van der Waals surface area contributed by atoms with Crippen molar-refractivity contribution in [2.75, 3.05) is 27.1 Å². The molecule has 0 saturated carbocycles.